The summed E-state index contributed by atoms with van der Waals surface area (Å²) in [5, 5.41) is 0. The molecule has 2 rings (SSSR count). The first-order valence-corrected chi connectivity index (χ1v) is 6.68. The van der Waals surface area contributed by atoms with Crippen LogP contribution in [0.25, 0.3) is 0 Å². The second-order valence-corrected chi connectivity index (χ2v) is 5.32. The summed E-state index contributed by atoms with van der Waals surface area (Å²) in [6, 6.07) is 4.73. The van der Waals surface area contributed by atoms with Crippen molar-refractivity contribution in [3.8, 4) is 0 Å². The van der Waals surface area contributed by atoms with E-state index in [0.717, 1.165) is 24.0 Å². The first kappa shape index (κ1) is 12.7. The first-order chi connectivity index (χ1) is 8.20. The molecule has 0 bridgehead atoms. The number of furan rings is 1. The molecule has 1 aromatic heterocycles. The van der Waals surface area contributed by atoms with E-state index in [-0.39, 0.29) is 0 Å². The minimum absolute atomic E-state index is 0.490. The van der Waals surface area contributed by atoms with Gasteiger partial charge in [0.25, 0.3) is 0 Å². The summed E-state index contributed by atoms with van der Waals surface area (Å²) in [7, 11) is 2.21. The molecule has 0 spiro atoms. The van der Waals surface area contributed by atoms with Crippen LogP contribution in [-0.4, -0.2) is 18.0 Å². The summed E-state index contributed by atoms with van der Waals surface area (Å²) in [5.41, 5.74) is 5.55. The van der Waals surface area contributed by atoms with Crippen LogP contribution >= 0.6 is 0 Å². The maximum absolute atomic E-state index is 5.66. The summed E-state index contributed by atoms with van der Waals surface area (Å²) >= 11 is 0. The van der Waals surface area contributed by atoms with Gasteiger partial charge in [0.05, 0.1) is 13.1 Å². The third kappa shape index (κ3) is 3.11. The zero-order chi connectivity index (χ0) is 12.3. The zero-order valence-electron chi connectivity index (χ0n) is 11.0. The molecule has 1 fully saturated rings. The minimum Gasteiger partial charge on any atom is -0.463 e. The third-order valence-electron chi connectivity index (χ3n) is 3.96. The van der Waals surface area contributed by atoms with E-state index < -0.39 is 0 Å². The van der Waals surface area contributed by atoms with Crippen molar-refractivity contribution in [1.29, 1.82) is 0 Å². The maximum atomic E-state index is 5.66. The summed E-state index contributed by atoms with van der Waals surface area (Å²) in [5.74, 6) is 2.72. The van der Waals surface area contributed by atoms with Gasteiger partial charge in [-0.3, -0.25) is 4.90 Å². The highest BCUT2D eigenvalue weighted by molar-refractivity contribution is 5.07. The monoisotopic (exact) mass is 236 g/mol. The molecule has 2 atom stereocenters. The van der Waals surface area contributed by atoms with Gasteiger partial charge < -0.3 is 10.2 Å². The van der Waals surface area contributed by atoms with Gasteiger partial charge in [-0.2, -0.15) is 0 Å². The van der Waals surface area contributed by atoms with Crippen LogP contribution in [-0.2, 0) is 13.1 Å². The van der Waals surface area contributed by atoms with Gasteiger partial charge in [-0.15, -0.1) is 0 Å². The molecule has 1 saturated carbocycles. The summed E-state index contributed by atoms with van der Waals surface area (Å²) in [6.45, 7) is 3.76. The Morgan fingerprint density at radius 1 is 1.29 bits per heavy atom. The van der Waals surface area contributed by atoms with E-state index in [2.05, 4.69) is 18.9 Å². The lowest BCUT2D eigenvalue weighted by atomic mass is 9.85. The second kappa shape index (κ2) is 5.69. The summed E-state index contributed by atoms with van der Waals surface area (Å²) < 4.78 is 5.66. The average molecular weight is 236 g/mol. The number of rotatable bonds is 4. The molecule has 3 nitrogen and oxygen atoms in total. The highest BCUT2D eigenvalue weighted by Crippen LogP contribution is 2.28. The smallest absolute Gasteiger partial charge is 0.118 e. The maximum Gasteiger partial charge on any atom is 0.118 e. The largest absolute Gasteiger partial charge is 0.463 e. The molecule has 0 radical (unpaired) electrons. The van der Waals surface area contributed by atoms with Crippen molar-refractivity contribution >= 4 is 0 Å². The lowest BCUT2D eigenvalue weighted by molar-refractivity contribution is 0.125. The quantitative estimate of drug-likeness (QED) is 0.874. The van der Waals surface area contributed by atoms with Gasteiger partial charge in [0.2, 0.25) is 0 Å². The fourth-order valence-corrected chi connectivity index (χ4v) is 2.93. The van der Waals surface area contributed by atoms with E-state index in [9.17, 15) is 0 Å². The molecule has 2 unspecified atom stereocenters. The molecular formula is C14H24N2O. The first-order valence-electron chi connectivity index (χ1n) is 6.68. The number of hydrogen-bond donors (Lipinski definition) is 1. The molecule has 2 N–H and O–H groups in total. The van der Waals surface area contributed by atoms with Gasteiger partial charge in [-0.25, -0.2) is 0 Å². The van der Waals surface area contributed by atoms with Crippen LogP contribution in [0.5, 0.6) is 0 Å². The Kier molecular flexibility index (Phi) is 4.24. The van der Waals surface area contributed by atoms with Gasteiger partial charge >= 0.3 is 0 Å². The molecule has 1 aliphatic carbocycles. The van der Waals surface area contributed by atoms with Crippen molar-refractivity contribution < 1.29 is 4.42 Å². The predicted molar refractivity (Wildman–Crippen MR) is 69.5 cm³/mol. The van der Waals surface area contributed by atoms with Crippen molar-refractivity contribution in [2.45, 2.75) is 51.7 Å². The zero-order valence-corrected chi connectivity index (χ0v) is 11.0. The van der Waals surface area contributed by atoms with Gasteiger partial charge in [0, 0.05) is 6.04 Å². The Balaban J connectivity index is 1.93. The second-order valence-electron chi connectivity index (χ2n) is 5.32. The van der Waals surface area contributed by atoms with Gasteiger partial charge in [0.1, 0.15) is 11.5 Å². The van der Waals surface area contributed by atoms with Crippen LogP contribution in [0.4, 0.5) is 0 Å². The van der Waals surface area contributed by atoms with Crippen LogP contribution in [0.3, 0.4) is 0 Å². The van der Waals surface area contributed by atoms with Gasteiger partial charge in [0.15, 0.2) is 0 Å². The van der Waals surface area contributed by atoms with E-state index in [1.165, 1.54) is 25.7 Å². The predicted octanol–water partition coefficient (Wildman–Crippen LogP) is 2.75. The van der Waals surface area contributed by atoms with Crippen molar-refractivity contribution in [3.63, 3.8) is 0 Å². The number of nitrogens with zero attached hydrogens (tertiary/aromatic N) is 1. The Hall–Kier alpha value is -0.800. The molecular weight excluding hydrogens is 212 g/mol. The molecule has 1 heterocycles. The fourth-order valence-electron chi connectivity index (χ4n) is 2.93. The highest BCUT2D eigenvalue weighted by atomic mass is 16.3. The normalized spacial score (nSPS) is 25.4. The van der Waals surface area contributed by atoms with Crippen molar-refractivity contribution in [2.75, 3.05) is 7.05 Å². The molecule has 0 aromatic carbocycles. The van der Waals surface area contributed by atoms with Gasteiger partial charge in [-0.1, -0.05) is 19.8 Å². The topological polar surface area (TPSA) is 42.4 Å². The molecule has 0 amide bonds. The highest BCUT2D eigenvalue weighted by Gasteiger charge is 2.25. The molecule has 17 heavy (non-hydrogen) atoms. The summed E-state index contributed by atoms with van der Waals surface area (Å²) in [6.07, 6.45) is 5.44. The Morgan fingerprint density at radius 3 is 2.65 bits per heavy atom. The molecule has 0 aliphatic heterocycles. The van der Waals surface area contributed by atoms with Gasteiger partial charge in [-0.05, 0) is 37.9 Å². The standard InChI is InChI=1S/C14H24N2O/c1-11-5-3-4-6-14(11)16(2)10-13-8-7-12(9-15)17-13/h7-8,11,14H,3-6,9-10,15H2,1-2H3. The van der Waals surface area contributed by atoms with Crippen LogP contribution in [0.2, 0.25) is 0 Å². The Bertz CT molecular complexity index is 348. The van der Waals surface area contributed by atoms with Crippen molar-refractivity contribution in [2.24, 2.45) is 11.7 Å². The average Bonchev–Trinajstić information content (AvgIpc) is 2.77. The molecule has 1 aromatic rings. The van der Waals surface area contributed by atoms with Crippen molar-refractivity contribution in [3.05, 3.63) is 23.7 Å². The fraction of sp³-hybridized carbons (Fsp3) is 0.714. The summed E-state index contributed by atoms with van der Waals surface area (Å²) in [4.78, 5) is 2.43. The lowest BCUT2D eigenvalue weighted by Gasteiger charge is -2.35. The Morgan fingerprint density at radius 2 is 2.00 bits per heavy atom. The van der Waals surface area contributed by atoms with Crippen molar-refractivity contribution in [1.82, 2.24) is 4.90 Å². The van der Waals surface area contributed by atoms with Crippen LogP contribution in [0.1, 0.15) is 44.1 Å². The molecule has 0 saturated heterocycles. The molecule has 1 aliphatic rings. The van der Waals surface area contributed by atoms with Crippen LogP contribution in [0.15, 0.2) is 16.5 Å². The van der Waals surface area contributed by atoms with E-state index in [1.807, 2.05) is 12.1 Å². The molecule has 3 heteroatoms. The van der Waals surface area contributed by atoms with Crippen LogP contribution in [0, 0.1) is 5.92 Å². The third-order valence-corrected chi connectivity index (χ3v) is 3.96. The Labute approximate surface area is 104 Å². The SMILES string of the molecule is CC1CCCCC1N(C)Cc1ccc(CN)o1. The van der Waals surface area contributed by atoms with E-state index in [4.69, 9.17) is 10.2 Å². The molecule has 96 valence electrons. The van der Waals surface area contributed by atoms with E-state index in [1.54, 1.807) is 0 Å². The van der Waals surface area contributed by atoms with Crippen LogP contribution < -0.4 is 5.73 Å². The van der Waals surface area contributed by atoms with E-state index in [0.29, 0.717) is 12.6 Å². The minimum atomic E-state index is 0.490. The number of hydrogen-bond acceptors (Lipinski definition) is 3. The lowest BCUT2D eigenvalue weighted by Crippen LogP contribution is -2.38. The number of nitrogens with two attached hydrogens (primary N) is 1. The van der Waals surface area contributed by atoms with E-state index >= 15 is 0 Å².